The van der Waals surface area contributed by atoms with E-state index in [2.05, 4.69) is 28.1 Å². The summed E-state index contributed by atoms with van der Waals surface area (Å²) in [6.07, 6.45) is 0.887. The number of ether oxygens (including phenoxy) is 2. The molecular weight excluding hydrogens is 254 g/mol. The molecule has 2 aromatic rings. The van der Waals surface area contributed by atoms with Gasteiger partial charge in [0.25, 0.3) is 0 Å². The molecule has 5 heteroatoms. The van der Waals surface area contributed by atoms with Crippen molar-refractivity contribution in [1.82, 2.24) is 14.9 Å². The Morgan fingerprint density at radius 3 is 3.15 bits per heavy atom. The van der Waals surface area contributed by atoms with Crippen molar-refractivity contribution < 1.29 is 9.47 Å². The van der Waals surface area contributed by atoms with E-state index in [4.69, 9.17) is 14.5 Å². The Labute approximate surface area is 118 Å². The normalized spacial score (nSPS) is 19.6. The zero-order valence-corrected chi connectivity index (χ0v) is 11.8. The summed E-state index contributed by atoms with van der Waals surface area (Å²) in [6, 6.07) is 8.61. The van der Waals surface area contributed by atoms with Crippen molar-refractivity contribution in [3.8, 4) is 0 Å². The molecule has 1 aromatic carbocycles. The first-order valence-corrected chi connectivity index (χ1v) is 7.12. The summed E-state index contributed by atoms with van der Waals surface area (Å²) in [5.41, 5.74) is 2.23. The molecule has 0 bridgehead atoms. The Morgan fingerprint density at radius 1 is 1.45 bits per heavy atom. The van der Waals surface area contributed by atoms with Crippen LogP contribution in [0.1, 0.15) is 5.82 Å². The molecule has 0 radical (unpaired) electrons. The highest BCUT2D eigenvalue weighted by Gasteiger charge is 2.18. The summed E-state index contributed by atoms with van der Waals surface area (Å²) >= 11 is 0. The minimum absolute atomic E-state index is 0.349. The van der Waals surface area contributed by atoms with Crippen molar-refractivity contribution >= 4 is 11.0 Å². The van der Waals surface area contributed by atoms with Crippen molar-refractivity contribution in [1.29, 1.82) is 0 Å². The van der Waals surface area contributed by atoms with Crippen LogP contribution in [0.3, 0.4) is 0 Å². The lowest BCUT2D eigenvalue weighted by Crippen LogP contribution is -2.43. The van der Waals surface area contributed by atoms with Crippen LogP contribution in [0.25, 0.3) is 11.0 Å². The van der Waals surface area contributed by atoms with Crippen LogP contribution in [-0.4, -0.2) is 49.1 Å². The third-order valence-corrected chi connectivity index (χ3v) is 3.68. The highest BCUT2D eigenvalue weighted by Crippen LogP contribution is 2.17. The van der Waals surface area contributed by atoms with E-state index < -0.39 is 0 Å². The zero-order chi connectivity index (χ0) is 13.8. The summed E-state index contributed by atoms with van der Waals surface area (Å²) in [6.45, 7) is 4.01. The van der Waals surface area contributed by atoms with Gasteiger partial charge in [-0.3, -0.25) is 0 Å². The van der Waals surface area contributed by atoms with Crippen LogP contribution in [0.2, 0.25) is 0 Å². The molecule has 0 amide bonds. The molecule has 2 heterocycles. The molecule has 5 nitrogen and oxygen atoms in total. The Balaban J connectivity index is 1.87. The monoisotopic (exact) mass is 275 g/mol. The molecule has 1 unspecified atom stereocenters. The molecular formula is C15H21N3O2. The molecule has 1 aliphatic heterocycles. The van der Waals surface area contributed by atoms with Gasteiger partial charge in [-0.2, -0.15) is 0 Å². The van der Waals surface area contributed by atoms with E-state index in [1.807, 2.05) is 6.07 Å². The average molecular weight is 275 g/mol. The Kier molecular flexibility index (Phi) is 4.30. The lowest BCUT2D eigenvalue weighted by Gasteiger charge is -2.23. The van der Waals surface area contributed by atoms with Gasteiger partial charge in [0.1, 0.15) is 5.82 Å². The predicted octanol–water partition coefficient (Wildman–Crippen LogP) is 1.21. The first-order valence-electron chi connectivity index (χ1n) is 7.12. The molecule has 1 atom stereocenters. The molecule has 0 spiro atoms. The fourth-order valence-electron chi connectivity index (χ4n) is 2.68. The van der Waals surface area contributed by atoms with Crippen LogP contribution in [0.4, 0.5) is 0 Å². The predicted molar refractivity (Wildman–Crippen MR) is 77.9 cm³/mol. The number of methoxy groups -OCH3 is 1. The van der Waals surface area contributed by atoms with Gasteiger partial charge in [0.15, 0.2) is 0 Å². The van der Waals surface area contributed by atoms with Gasteiger partial charge in [0.05, 0.1) is 30.9 Å². The quantitative estimate of drug-likeness (QED) is 0.891. The van der Waals surface area contributed by atoms with Crippen molar-refractivity contribution in [3.63, 3.8) is 0 Å². The van der Waals surface area contributed by atoms with Crippen LogP contribution >= 0.6 is 0 Å². The average Bonchev–Trinajstić information content (AvgIpc) is 2.83. The lowest BCUT2D eigenvalue weighted by atomic mass is 10.2. The number of fused-ring (bicyclic) bond motifs is 1. The number of para-hydroxylation sites is 2. The number of morpholine rings is 1. The Morgan fingerprint density at radius 2 is 2.35 bits per heavy atom. The number of rotatable bonds is 5. The smallest absolute Gasteiger partial charge is 0.111 e. The number of nitrogens with one attached hydrogen (secondary N) is 1. The van der Waals surface area contributed by atoms with Crippen LogP contribution in [0.5, 0.6) is 0 Å². The van der Waals surface area contributed by atoms with Gasteiger partial charge in [0, 0.05) is 32.7 Å². The standard InChI is InChI=1S/C15H21N3O2/c1-19-9-7-18-14-5-3-2-4-13(14)17-15(18)10-12-11-20-8-6-16-12/h2-5,12,16H,6-11H2,1H3. The van der Waals surface area contributed by atoms with Crippen molar-refractivity contribution in [2.75, 3.05) is 33.5 Å². The molecule has 1 N–H and O–H groups in total. The summed E-state index contributed by atoms with van der Waals surface area (Å²) in [5.74, 6) is 1.10. The highest BCUT2D eigenvalue weighted by molar-refractivity contribution is 5.75. The van der Waals surface area contributed by atoms with Crippen LogP contribution in [0.15, 0.2) is 24.3 Å². The minimum atomic E-state index is 0.349. The van der Waals surface area contributed by atoms with Gasteiger partial charge < -0.3 is 19.4 Å². The van der Waals surface area contributed by atoms with Gasteiger partial charge in [-0.1, -0.05) is 12.1 Å². The van der Waals surface area contributed by atoms with Gasteiger partial charge in [-0.15, -0.1) is 0 Å². The number of aromatic nitrogens is 2. The van der Waals surface area contributed by atoms with Crippen molar-refractivity contribution in [2.45, 2.75) is 19.0 Å². The summed E-state index contributed by atoms with van der Waals surface area (Å²) in [4.78, 5) is 4.77. The van der Waals surface area contributed by atoms with Gasteiger partial charge in [0.2, 0.25) is 0 Å². The SMILES string of the molecule is COCCn1c(CC2COCCN2)nc2ccccc21. The number of hydrogen-bond acceptors (Lipinski definition) is 4. The summed E-state index contributed by atoms with van der Waals surface area (Å²) < 4.78 is 13.0. The molecule has 0 saturated carbocycles. The van der Waals surface area contributed by atoms with E-state index >= 15 is 0 Å². The second kappa shape index (κ2) is 6.35. The zero-order valence-electron chi connectivity index (χ0n) is 11.8. The third-order valence-electron chi connectivity index (χ3n) is 3.68. The van der Waals surface area contributed by atoms with E-state index in [-0.39, 0.29) is 0 Å². The third kappa shape index (κ3) is 2.85. The van der Waals surface area contributed by atoms with E-state index in [0.717, 1.165) is 44.1 Å². The maximum atomic E-state index is 5.53. The molecule has 1 saturated heterocycles. The maximum Gasteiger partial charge on any atom is 0.111 e. The van der Waals surface area contributed by atoms with E-state index in [0.29, 0.717) is 12.6 Å². The van der Waals surface area contributed by atoms with Crippen molar-refractivity contribution in [3.05, 3.63) is 30.1 Å². The summed E-state index contributed by atoms with van der Waals surface area (Å²) in [5, 5.41) is 3.49. The van der Waals surface area contributed by atoms with Gasteiger partial charge in [-0.05, 0) is 12.1 Å². The molecule has 0 aliphatic carbocycles. The molecule has 108 valence electrons. The first kappa shape index (κ1) is 13.5. The number of imidazole rings is 1. The minimum Gasteiger partial charge on any atom is -0.383 e. The molecule has 1 fully saturated rings. The number of benzene rings is 1. The van der Waals surface area contributed by atoms with Crippen LogP contribution in [0, 0.1) is 0 Å². The van der Waals surface area contributed by atoms with Crippen molar-refractivity contribution in [2.24, 2.45) is 0 Å². The molecule has 1 aliphatic rings. The van der Waals surface area contributed by atoms with E-state index in [1.54, 1.807) is 7.11 Å². The van der Waals surface area contributed by atoms with Crippen LogP contribution in [-0.2, 0) is 22.4 Å². The number of nitrogens with zero attached hydrogens (tertiary/aromatic N) is 2. The fraction of sp³-hybridized carbons (Fsp3) is 0.533. The lowest BCUT2D eigenvalue weighted by molar-refractivity contribution is 0.0760. The largest absolute Gasteiger partial charge is 0.383 e. The van der Waals surface area contributed by atoms with Gasteiger partial charge in [-0.25, -0.2) is 4.98 Å². The van der Waals surface area contributed by atoms with Gasteiger partial charge >= 0.3 is 0 Å². The molecule has 3 rings (SSSR count). The van der Waals surface area contributed by atoms with E-state index in [9.17, 15) is 0 Å². The second-order valence-corrected chi connectivity index (χ2v) is 5.09. The molecule has 1 aromatic heterocycles. The Hall–Kier alpha value is -1.43. The topological polar surface area (TPSA) is 48.3 Å². The second-order valence-electron chi connectivity index (χ2n) is 5.09. The number of hydrogen-bond donors (Lipinski definition) is 1. The van der Waals surface area contributed by atoms with E-state index in [1.165, 1.54) is 5.52 Å². The first-order chi connectivity index (χ1) is 9.88. The Bertz CT molecular complexity index is 561. The van der Waals surface area contributed by atoms with Crippen LogP contribution < -0.4 is 5.32 Å². The highest BCUT2D eigenvalue weighted by atomic mass is 16.5. The summed E-state index contributed by atoms with van der Waals surface area (Å²) in [7, 11) is 1.73. The molecule has 20 heavy (non-hydrogen) atoms. The fourth-order valence-corrected chi connectivity index (χ4v) is 2.68. The maximum absolute atomic E-state index is 5.53.